The van der Waals surface area contributed by atoms with Crippen molar-refractivity contribution in [3.05, 3.63) is 33.4 Å². The first-order chi connectivity index (χ1) is 8.20. The van der Waals surface area contributed by atoms with Crippen LogP contribution in [-0.2, 0) is 6.54 Å². The molecule has 1 aliphatic heterocycles. The Kier molecular flexibility index (Phi) is 4.82. The highest BCUT2D eigenvalue weighted by molar-refractivity contribution is 14.1. The first-order valence-electron chi connectivity index (χ1n) is 6.39. The predicted molar refractivity (Wildman–Crippen MR) is 80.8 cm³/mol. The van der Waals surface area contributed by atoms with Crippen LogP contribution in [-0.4, -0.2) is 24.0 Å². The molecule has 0 saturated carbocycles. The van der Waals surface area contributed by atoms with Crippen LogP contribution in [0.25, 0.3) is 0 Å². The molecule has 2 unspecified atom stereocenters. The number of likely N-dealkylation sites (tertiary alicyclic amines) is 1. The molecule has 2 rings (SSSR count). The molecule has 1 heterocycles. The Morgan fingerprint density at radius 2 is 2.06 bits per heavy atom. The summed E-state index contributed by atoms with van der Waals surface area (Å²) in [5.74, 6) is 0.734. The van der Waals surface area contributed by atoms with Crippen LogP contribution in [0.3, 0.4) is 0 Å². The maximum absolute atomic E-state index is 5.92. The van der Waals surface area contributed by atoms with E-state index in [0.29, 0.717) is 6.04 Å². The molecule has 94 valence electrons. The number of benzene rings is 1. The molecule has 0 amide bonds. The van der Waals surface area contributed by atoms with Crippen molar-refractivity contribution in [2.75, 3.05) is 13.1 Å². The molecule has 1 aromatic rings. The molecule has 3 heteroatoms. The lowest BCUT2D eigenvalue weighted by Crippen LogP contribution is -2.47. The van der Waals surface area contributed by atoms with Crippen LogP contribution in [0.4, 0.5) is 0 Å². The number of nitrogens with two attached hydrogens (primary N) is 1. The largest absolute Gasteiger partial charge is 0.329 e. The van der Waals surface area contributed by atoms with Gasteiger partial charge in [0.2, 0.25) is 0 Å². The fourth-order valence-corrected chi connectivity index (χ4v) is 3.10. The number of hydrogen-bond donors (Lipinski definition) is 1. The Morgan fingerprint density at radius 1 is 1.35 bits per heavy atom. The van der Waals surface area contributed by atoms with Crippen molar-refractivity contribution in [1.29, 1.82) is 0 Å². The summed E-state index contributed by atoms with van der Waals surface area (Å²) in [7, 11) is 0. The molecule has 1 fully saturated rings. The lowest BCUT2D eigenvalue weighted by molar-refractivity contribution is 0.0991. The van der Waals surface area contributed by atoms with Gasteiger partial charge in [-0.15, -0.1) is 0 Å². The second kappa shape index (κ2) is 6.16. The zero-order chi connectivity index (χ0) is 12.3. The van der Waals surface area contributed by atoms with Gasteiger partial charge in [0.25, 0.3) is 0 Å². The Labute approximate surface area is 118 Å². The maximum Gasteiger partial charge on any atom is 0.0247 e. The SMILES string of the molecule is CC1CCCN(Cc2ccc(I)cc2)C1CN. The summed E-state index contributed by atoms with van der Waals surface area (Å²) in [5, 5.41) is 0. The van der Waals surface area contributed by atoms with Crippen LogP contribution in [0.5, 0.6) is 0 Å². The van der Waals surface area contributed by atoms with Gasteiger partial charge in [-0.3, -0.25) is 4.90 Å². The third-order valence-electron chi connectivity index (χ3n) is 3.77. The lowest BCUT2D eigenvalue weighted by Gasteiger charge is -2.39. The molecule has 1 saturated heterocycles. The third kappa shape index (κ3) is 3.42. The van der Waals surface area contributed by atoms with Gasteiger partial charge in [0.15, 0.2) is 0 Å². The zero-order valence-electron chi connectivity index (χ0n) is 10.4. The van der Waals surface area contributed by atoms with Gasteiger partial charge in [-0.05, 0) is 65.6 Å². The fourth-order valence-electron chi connectivity index (χ4n) is 2.74. The van der Waals surface area contributed by atoms with E-state index in [0.717, 1.165) is 19.0 Å². The highest BCUT2D eigenvalue weighted by Crippen LogP contribution is 2.24. The van der Waals surface area contributed by atoms with Crippen LogP contribution in [0.2, 0.25) is 0 Å². The molecule has 0 aliphatic carbocycles. The van der Waals surface area contributed by atoms with E-state index in [-0.39, 0.29) is 0 Å². The molecule has 17 heavy (non-hydrogen) atoms. The Balaban J connectivity index is 2.03. The van der Waals surface area contributed by atoms with Crippen molar-refractivity contribution in [2.45, 2.75) is 32.4 Å². The van der Waals surface area contributed by atoms with Gasteiger partial charge < -0.3 is 5.73 Å². The van der Waals surface area contributed by atoms with Crippen LogP contribution in [0.15, 0.2) is 24.3 Å². The van der Waals surface area contributed by atoms with Gasteiger partial charge in [0, 0.05) is 22.7 Å². The average molecular weight is 344 g/mol. The standard InChI is InChI=1S/C14H21IN2/c1-11-3-2-8-17(14(11)9-16)10-12-4-6-13(15)7-5-12/h4-7,11,14H,2-3,8-10,16H2,1H3. The van der Waals surface area contributed by atoms with E-state index < -0.39 is 0 Å². The maximum atomic E-state index is 5.92. The van der Waals surface area contributed by atoms with Crippen LogP contribution >= 0.6 is 22.6 Å². The number of piperidine rings is 1. The molecule has 2 atom stereocenters. The summed E-state index contributed by atoms with van der Waals surface area (Å²) in [4.78, 5) is 2.55. The first kappa shape index (κ1) is 13.3. The van der Waals surface area contributed by atoms with Crippen molar-refractivity contribution >= 4 is 22.6 Å². The van der Waals surface area contributed by atoms with Crippen LogP contribution < -0.4 is 5.73 Å². The highest BCUT2D eigenvalue weighted by atomic mass is 127. The number of hydrogen-bond acceptors (Lipinski definition) is 2. The van der Waals surface area contributed by atoms with Gasteiger partial charge in [-0.1, -0.05) is 19.1 Å². The summed E-state index contributed by atoms with van der Waals surface area (Å²) < 4.78 is 1.30. The van der Waals surface area contributed by atoms with Gasteiger partial charge in [0.1, 0.15) is 0 Å². The normalized spacial score (nSPS) is 26.1. The smallest absolute Gasteiger partial charge is 0.0247 e. The van der Waals surface area contributed by atoms with Crippen molar-refractivity contribution in [3.8, 4) is 0 Å². The van der Waals surface area contributed by atoms with Gasteiger partial charge in [-0.25, -0.2) is 0 Å². The average Bonchev–Trinajstić information content (AvgIpc) is 2.32. The second-order valence-corrected chi connectivity index (χ2v) is 6.27. The molecule has 0 bridgehead atoms. The van der Waals surface area contributed by atoms with Crippen molar-refractivity contribution in [3.63, 3.8) is 0 Å². The van der Waals surface area contributed by atoms with Crippen LogP contribution in [0.1, 0.15) is 25.3 Å². The Bertz CT molecular complexity index is 350. The lowest BCUT2D eigenvalue weighted by atomic mass is 9.90. The molecular weight excluding hydrogens is 323 g/mol. The quantitative estimate of drug-likeness (QED) is 0.855. The molecule has 2 nitrogen and oxygen atoms in total. The minimum atomic E-state index is 0.558. The van der Waals surface area contributed by atoms with Gasteiger partial charge >= 0.3 is 0 Å². The van der Waals surface area contributed by atoms with E-state index >= 15 is 0 Å². The molecule has 0 radical (unpaired) electrons. The van der Waals surface area contributed by atoms with E-state index in [1.54, 1.807) is 0 Å². The van der Waals surface area contributed by atoms with Gasteiger partial charge in [-0.2, -0.15) is 0 Å². The summed E-state index contributed by atoms with van der Waals surface area (Å²) in [6.45, 7) is 5.35. The Morgan fingerprint density at radius 3 is 2.71 bits per heavy atom. The number of halogens is 1. The van der Waals surface area contributed by atoms with E-state index in [4.69, 9.17) is 5.73 Å². The highest BCUT2D eigenvalue weighted by Gasteiger charge is 2.26. The molecule has 2 N–H and O–H groups in total. The van der Waals surface area contributed by atoms with Gasteiger partial charge in [0.05, 0.1) is 0 Å². The van der Waals surface area contributed by atoms with Crippen molar-refractivity contribution in [2.24, 2.45) is 11.7 Å². The third-order valence-corrected chi connectivity index (χ3v) is 4.49. The monoisotopic (exact) mass is 344 g/mol. The molecule has 0 spiro atoms. The van der Waals surface area contributed by atoms with Crippen LogP contribution in [0, 0.1) is 9.49 Å². The minimum absolute atomic E-state index is 0.558. The van der Waals surface area contributed by atoms with E-state index in [2.05, 4.69) is 58.7 Å². The topological polar surface area (TPSA) is 29.3 Å². The molecule has 1 aliphatic rings. The molecular formula is C14H21IN2. The predicted octanol–water partition coefficient (Wildman–Crippen LogP) is 2.85. The summed E-state index contributed by atoms with van der Waals surface area (Å²) in [6.07, 6.45) is 2.63. The number of nitrogens with zero attached hydrogens (tertiary/aromatic N) is 1. The number of rotatable bonds is 3. The van der Waals surface area contributed by atoms with Crippen molar-refractivity contribution < 1.29 is 0 Å². The summed E-state index contributed by atoms with van der Waals surface area (Å²) >= 11 is 2.35. The van der Waals surface area contributed by atoms with E-state index in [1.807, 2.05) is 0 Å². The van der Waals surface area contributed by atoms with E-state index in [9.17, 15) is 0 Å². The second-order valence-electron chi connectivity index (χ2n) is 5.02. The van der Waals surface area contributed by atoms with E-state index in [1.165, 1.54) is 28.5 Å². The molecule has 1 aromatic carbocycles. The minimum Gasteiger partial charge on any atom is -0.329 e. The first-order valence-corrected chi connectivity index (χ1v) is 7.47. The zero-order valence-corrected chi connectivity index (χ0v) is 12.6. The van der Waals surface area contributed by atoms with Crippen molar-refractivity contribution in [1.82, 2.24) is 4.90 Å². The summed E-state index contributed by atoms with van der Waals surface area (Å²) in [5.41, 5.74) is 7.32. The summed E-state index contributed by atoms with van der Waals surface area (Å²) in [6, 6.07) is 9.38. The molecule has 0 aromatic heterocycles. The Hall–Kier alpha value is -0.130. The fraction of sp³-hybridized carbons (Fsp3) is 0.571.